The Morgan fingerprint density at radius 3 is 2.95 bits per heavy atom. The first kappa shape index (κ1) is 13.8. The van der Waals surface area contributed by atoms with Gasteiger partial charge in [-0.1, -0.05) is 36.8 Å². The molecule has 0 unspecified atom stereocenters. The third-order valence-corrected chi connectivity index (χ3v) is 3.39. The van der Waals surface area contributed by atoms with E-state index in [9.17, 15) is 0 Å². The molecule has 0 saturated carbocycles. The highest BCUT2D eigenvalue weighted by molar-refractivity contribution is 5.24. The van der Waals surface area contributed by atoms with Crippen molar-refractivity contribution in [2.24, 2.45) is 0 Å². The molecule has 1 aromatic heterocycles. The first-order valence-corrected chi connectivity index (χ1v) is 6.99. The molecule has 3 nitrogen and oxygen atoms in total. The normalized spacial score (nSPS) is 12.6. The molecule has 0 aliphatic carbocycles. The van der Waals surface area contributed by atoms with Crippen LogP contribution in [0.25, 0.3) is 0 Å². The first-order valence-electron chi connectivity index (χ1n) is 6.99. The molecule has 102 valence electrons. The summed E-state index contributed by atoms with van der Waals surface area (Å²) in [5.74, 6) is 0. The summed E-state index contributed by atoms with van der Waals surface area (Å²) in [6.07, 6.45) is 5.00. The molecule has 19 heavy (non-hydrogen) atoms. The number of hydrogen-bond donors (Lipinski definition) is 1. The highest BCUT2D eigenvalue weighted by Gasteiger charge is 2.07. The predicted molar refractivity (Wildman–Crippen MR) is 79.0 cm³/mol. The molecule has 2 aromatic rings. The van der Waals surface area contributed by atoms with E-state index in [0.717, 1.165) is 19.5 Å². The molecule has 0 radical (unpaired) electrons. The Labute approximate surface area is 115 Å². The summed E-state index contributed by atoms with van der Waals surface area (Å²) in [6, 6.07) is 9.01. The molecule has 0 fully saturated rings. The van der Waals surface area contributed by atoms with E-state index >= 15 is 0 Å². The van der Waals surface area contributed by atoms with Crippen molar-refractivity contribution in [3.63, 3.8) is 0 Å². The average Bonchev–Trinajstić information content (AvgIpc) is 2.84. The van der Waals surface area contributed by atoms with Gasteiger partial charge in [0, 0.05) is 25.3 Å². The fraction of sp³-hybridized carbons (Fsp3) is 0.438. The Bertz CT molecular complexity index is 516. The van der Waals surface area contributed by atoms with Gasteiger partial charge in [0.05, 0.1) is 12.0 Å². The number of rotatable bonds is 6. The second-order valence-electron chi connectivity index (χ2n) is 5.10. The molecule has 1 aromatic carbocycles. The van der Waals surface area contributed by atoms with E-state index in [4.69, 9.17) is 0 Å². The van der Waals surface area contributed by atoms with Gasteiger partial charge in [-0.3, -0.25) is 0 Å². The molecule has 1 atom stereocenters. The van der Waals surface area contributed by atoms with Crippen molar-refractivity contribution in [3.05, 3.63) is 53.6 Å². The Morgan fingerprint density at radius 1 is 1.37 bits per heavy atom. The zero-order valence-electron chi connectivity index (χ0n) is 12.1. The quantitative estimate of drug-likeness (QED) is 0.859. The molecule has 1 N–H and O–H groups in total. The van der Waals surface area contributed by atoms with Crippen molar-refractivity contribution in [2.75, 3.05) is 0 Å². The van der Waals surface area contributed by atoms with Gasteiger partial charge >= 0.3 is 0 Å². The summed E-state index contributed by atoms with van der Waals surface area (Å²) in [5, 5.41) is 3.57. The van der Waals surface area contributed by atoms with E-state index in [1.165, 1.54) is 16.8 Å². The Morgan fingerprint density at radius 2 is 2.21 bits per heavy atom. The lowest BCUT2D eigenvalue weighted by Crippen LogP contribution is -2.20. The Kier molecular flexibility index (Phi) is 4.74. The van der Waals surface area contributed by atoms with Crippen molar-refractivity contribution in [3.8, 4) is 0 Å². The van der Waals surface area contributed by atoms with Gasteiger partial charge in [-0.2, -0.15) is 0 Å². The number of nitrogens with one attached hydrogen (secondary N) is 1. The van der Waals surface area contributed by atoms with Crippen LogP contribution in [-0.2, 0) is 13.1 Å². The van der Waals surface area contributed by atoms with E-state index in [2.05, 4.69) is 59.9 Å². The van der Waals surface area contributed by atoms with Gasteiger partial charge < -0.3 is 9.88 Å². The van der Waals surface area contributed by atoms with Crippen LogP contribution >= 0.6 is 0 Å². The van der Waals surface area contributed by atoms with Crippen LogP contribution in [0.4, 0.5) is 0 Å². The summed E-state index contributed by atoms with van der Waals surface area (Å²) in [6.45, 7) is 8.42. The standard InChI is InChI=1S/C16H23N3/c1-4-8-19-12-17-10-16(19)11-18-14(3)15-7-5-6-13(2)9-15/h5-7,9-10,12,14,18H,4,8,11H2,1-3H3/t14-/m0/s1. The van der Waals surface area contributed by atoms with E-state index in [1.807, 2.05) is 12.5 Å². The number of imidazole rings is 1. The third kappa shape index (κ3) is 3.67. The molecule has 1 heterocycles. The summed E-state index contributed by atoms with van der Waals surface area (Å²) < 4.78 is 2.22. The minimum Gasteiger partial charge on any atom is -0.333 e. The van der Waals surface area contributed by atoms with Gasteiger partial charge in [0.15, 0.2) is 0 Å². The summed E-state index contributed by atoms with van der Waals surface area (Å²) >= 11 is 0. The van der Waals surface area contributed by atoms with Gasteiger partial charge in [0.1, 0.15) is 0 Å². The van der Waals surface area contributed by atoms with Crippen LogP contribution < -0.4 is 5.32 Å². The molecule has 0 aliphatic rings. The molecule has 2 rings (SSSR count). The van der Waals surface area contributed by atoms with Crippen molar-refractivity contribution in [1.82, 2.24) is 14.9 Å². The van der Waals surface area contributed by atoms with Crippen LogP contribution in [0.3, 0.4) is 0 Å². The molecule has 0 amide bonds. The number of hydrogen-bond acceptors (Lipinski definition) is 2. The molecule has 3 heteroatoms. The average molecular weight is 257 g/mol. The first-order chi connectivity index (χ1) is 9.20. The molecular formula is C16H23N3. The summed E-state index contributed by atoms with van der Waals surface area (Å²) in [5.41, 5.74) is 3.89. The zero-order valence-corrected chi connectivity index (χ0v) is 12.1. The van der Waals surface area contributed by atoms with Gasteiger partial charge in [-0.05, 0) is 25.8 Å². The van der Waals surface area contributed by atoms with Crippen LogP contribution in [0.5, 0.6) is 0 Å². The van der Waals surface area contributed by atoms with Crippen LogP contribution in [0.15, 0.2) is 36.8 Å². The number of aromatic nitrogens is 2. The SMILES string of the molecule is CCCn1cncc1CN[C@@H](C)c1cccc(C)c1. The molecular weight excluding hydrogens is 234 g/mol. The number of aryl methyl sites for hydroxylation is 2. The molecule has 0 aliphatic heterocycles. The highest BCUT2D eigenvalue weighted by atomic mass is 15.1. The lowest BCUT2D eigenvalue weighted by atomic mass is 10.1. The van der Waals surface area contributed by atoms with Gasteiger partial charge in [0.2, 0.25) is 0 Å². The minimum atomic E-state index is 0.352. The smallest absolute Gasteiger partial charge is 0.0948 e. The minimum absolute atomic E-state index is 0.352. The third-order valence-electron chi connectivity index (χ3n) is 3.39. The van der Waals surface area contributed by atoms with Crippen LogP contribution in [0.2, 0.25) is 0 Å². The van der Waals surface area contributed by atoms with Gasteiger partial charge in [-0.25, -0.2) is 4.98 Å². The highest BCUT2D eigenvalue weighted by Crippen LogP contribution is 2.14. The maximum Gasteiger partial charge on any atom is 0.0948 e. The maximum absolute atomic E-state index is 4.23. The lowest BCUT2D eigenvalue weighted by Gasteiger charge is -2.15. The largest absolute Gasteiger partial charge is 0.333 e. The lowest BCUT2D eigenvalue weighted by molar-refractivity contribution is 0.541. The van der Waals surface area contributed by atoms with Crippen LogP contribution in [0, 0.1) is 6.92 Å². The maximum atomic E-state index is 4.23. The van der Waals surface area contributed by atoms with Crippen molar-refractivity contribution < 1.29 is 0 Å². The Balaban J connectivity index is 1.96. The monoisotopic (exact) mass is 257 g/mol. The van der Waals surface area contributed by atoms with Gasteiger partial charge in [0.25, 0.3) is 0 Å². The fourth-order valence-electron chi connectivity index (χ4n) is 2.25. The van der Waals surface area contributed by atoms with Gasteiger partial charge in [-0.15, -0.1) is 0 Å². The van der Waals surface area contributed by atoms with Crippen molar-refractivity contribution >= 4 is 0 Å². The summed E-state index contributed by atoms with van der Waals surface area (Å²) in [7, 11) is 0. The van der Waals surface area contributed by atoms with Crippen molar-refractivity contribution in [1.29, 1.82) is 0 Å². The summed E-state index contributed by atoms with van der Waals surface area (Å²) in [4.78, 5) is 4.23. The predicted octanol–water partition coefficient (Wildman–Crippen LogP) is 3.45. The van der Waals surface area contributed by atoms with E-state index in [-0.39, 0.29) is 0 Å². The zero-order chi connectivity index (χ0) is 13.7. The second kappa shape index (κ2) is 6.53. The Hall–Kier alpha value is -1.61. The topological polar surface area (TPSA) is 29.9 Å². The van der Waals surface area contributed by atoms with Crippen molar-refractivity contribution in [2.45, 2.75) is 46.3 Å². The van der Waals surface area contributed by atoms with E-state index in [0.29, 0.717) is 6.04 Å². The molecule has 0 saturated heterocycles. The van der Waals surface area contributed by atoms with E-state index < -0.39 is 0 Å². The van der Waals surface area contributed by atoms with E-state index in [1.54, 1.807) is 0 Å². The number of nitrogens with zero attached hydrogens (tertiary/aromatic N) is 2. The van der Waals surface area contributed by atoms with Crippen LogP contribution in [0.1, 0.15) is 43.1 Å². The molecule has 0 bridgehead atoms. The second-order valence-corrected chi connectivity index (χ2v) is 5.10. The van der Waals surface area contributed by atoms with Crippen LogP contribution in [-0.4, -0.2) is 9.55 Å². The number of benzene rings is 1. The molecule has 0 spiro atoms. The fourth-order valence-corrected chi connectivity index (χ4v) is 2.25.